The van der Waals surface area contributed by atoms with Crippen LogP contribution in [-0.2, 0) is 6.42 Å². The van der Waals surface area contributed by atoms with Gasteiger partial charge in [0.05, 0.1) is 0 Å². The molecule has 0 aliphatic carbocycles. The van der Waals surface area contributed by atoms with Crippen LogP contribution in [0.25, 0.3) is 0 Å². The lowest BCUT2D eigenvalue weighted by molar-refractivity contribution is 0.111. The molecule has 1 aromatic heterocycles. The molecule has 4 heteroatoms. The Balaban J connectivity index is 2.26. The Morgan fingerprint density at radius 2 is 1.94 bits per heavy atom. The SMILES string of the molecule is Cc1cc(C=O)nc(Cc2ccc(Cl)cc2)n1. The van der Waals surface area contributed by atoms with Crippen LogP contribution in [-0.4, -0.2) is 16.3 Å². The van der Waals surface area contributed by atoms with Gasteiger partial charge in [-0.05, 0) is 30.7 Å². The first kappa shape index (κ1) is 11.7. The summed E-state index contributed by atoms with van der Waals surface area (Å²) < 4.78 is 0. The van der Waals surface area contributed by atoms with Crippen molar-refractivity contribution in [3.63, 3.8) is 0 Å². The monoisotopic (exact) mass is 246 g/mol. The quantitative estimate of drug-likeness (QED) is 0.782. The van der Waals surface area contributed by atoms with E-state index < -0.39 is 0 Å². The predicted octanol–water partition coefficient (Wildman–Crippen LogP) is 2.84. The summed E-state index contributed by atoms with van der Waals surface area (Å²) in [6.45, 7) is 1.85. The Hall–Kier alpha value is -1.74. The van der Waals surface area contributed by atoms with Crippen molar-refractivity contribution < 1.29 is 4.79 Å². The van der Waals surface area contributed by atoms with Crippen LogP contribution in [0.5, 0.6) is 0 Å². The zero-order valence-electron chi connectivity index (χ0n) is 9.35. The average Bonchev–Trinajstić information content (AvgIpc) is 2.31. The van der Waals surface area contributed by atoms with Gasteiger partial charge in [0.2, 0.25) is 0 Å². The lowest BCUT2D eigenvalue weighted by Gasteiger charge is -2.03. The van der Waals surface area contributed by atoms with Gasteiger partial charge in [-0.3, -0.25) is 4.79 Å². The van der Waals surface area contributed by atoms with Crippen LogP contribution in [0.1, 0.15) is 27.6 Å². The molecule has 0 unspecified atom stereocenters. The van der Waals surface area contributed by atoms with Crippen molar-refractivity contribution >= 4 is 17.9 Å². The van der Waals surface area contributed by atoms with Gasteiger partial charge in [0, 0.05) is 17.1 Å². The summed E-state index contributed by atoms with van der Waals surface area (Å²) in [5.74, 6) is 0.648. The molecule has 0 aliphatic rings. The van der Waals surface area contributed by atoms with Gasteiger partial charge in [-0.2, -0.15) is 0 Å². The van der Waals surface area contributed by atoms with Gasteiger partial charge in [-0.1, -0.05) is 23.7 Å². The van der Waals surface area contributed by atoms with Crippen LogP contribution in [0.3, 0.4) is 0 Å². The van der Waals surface area contributed by atoms with Crippen molar-refractivity contribution in [1.29, 1.82) is 0 Å². The first-order valence-corrected chi connectivity index (χ1v) is 5.59. The maximum absolute atomic E-state index is 10.7. The highest BCUT2D eigenvalue weighted by Gasteiger charge is 2.03. The second kappa shape index (κ2) is 5.06. The van der Waals surface area contributed by atoms with Crippen molar-refractivity contribution in [3.05, 3.63) is 58.1 Å². The van der Waals surface area contributed by atoms with E-state index in [1.807, 2.05) is 31.2 Å². The minimum Gasteiger partial charge on any atom is -0.296 e. The molecule has 0 aliphatic heterocycles. The number of aromatic nitrogens is 2. The second-order valence-corrected chi connectivity index (χ2v) is 4.21. The van der Waals surface area contributed by atoms with Crippen molar-refractivity contribution in [2.75, 3.05) is 0 Å². The summed E-state index contributed by atoms with van der Waals surface area (Å²) in [6, 6.07) is 9.17. The first-order valence-electron chi connectivity index (χ1n) is 5.21. The molecule has 2 rings (SSSR count). The highest BCUT2D eigenvalue weighted by Crippen LogP contribution is 2.12. The number of hydrogen-bond acceptors (Lipinski definition) is 3. The van der Waals surface area contributed by atoms with Gasteiger partial charge in [-0.25, -0.2) is 9.97 Å². The third-order valence-corrected chi connectivity index (χ3v) is 2.57. The summed E-state index contributed by atoms with van der Waals surface area (Å²) in [7, 11) is 0. The molecule has 86 valence electrons. The van der Waals surface area contributed by atoms with Gasteiger partial charge < -0.3 is 0 Å². The number of carbonyl (C=O) groups excluding carboxylic acids is 1. The Bertz CT molecular complexity index is 538. The van der Waals surface area contributed by atoms with Crippen molar-refractivity contribution in [1.82, 2.24) is 9.97 Å². The van der Waals surface area contributed by atoms with E-state index in [9.17, 15) is 4.79 Å². The van der Waals surface area contributed by atoms with Crippen LogP contribution in [0, 0.1) is 6.92 Å². The van der Waals surface area contributed by atoms with Crippen molar-refractivity contribution in [2.45, 2.75) is 13.3 Å². The van der Waals surface area contributed by atoms with Gasteiger partial charge in [0.15, 0.2) is 6.29 Å². The van der Waals surface area contributed by atoms with E-state index in [-0.39, 0.29) is 0 Å². The number of nitrogens with zero attached hydrogens (tertiary/aromatic N) is 2. The highest BCUT2D eigenvalue weighted by molar-refractivity contribution is 6.30. The molecule has 1 aromatic carbocycles. The van der Waals surface area contributed by atoms with E-state index in [1.54, 1.807) is 6.07 Å². The molecule has 0 N–H and O–H groups in total. The summed E-state index contributed by atoms with van der Waals surface area (Å²) in [5, 5.41) is 0.701. The van der Waals surface area contributed by atoms with Crippen LogP contribution in [0.2, 0.25) is 5.02 Å². The fourth-order valence-electron chi connectivity index (χ4n) is 1.58. The summed E-state index contributed by atoms with van der Waals surface area (Å²) in [5.41, 5.74) is 2.28. The fourth-order valence-corrected chi connectivity index (χ4v) is 1.71. The highest BCUT2D eigenvalue weighted by atomic mass is 35.5. The van der Waals surface area contributed by atoms with Gasteiger partial charge in [0.1, 0.15) is 11.5 Å². The van der Waals surface area contributed by atoms with E-state index in [4.69, 9.17) is 11.6 Å². The van der Waals surface area contributed by atoms with Crippen molar-refractivity contribution in [3.8, 4) is 0 Å². The molecular weight excluding hydrogens is 236 g/mol. The normalized spacial score (nSPS) is 10.2. The minimum atomic E-state index is 0.418. The molecule has 3 nitrogen and oxygen atoms in total. The fraction of sp³-hybridized carbons (Fsp3) is 0.154. The molecule has 0 fully saturated rings. The van der Waals surface area contributed by atoms with Gasteiger partial charge in [0.25, 0.3) is 0 Å². The van der Waals surface area contributed by atoms with Crippen LogP contribution in [0.4, 0.5) is 0 Å². The predicted molar refractivity (Wildman–Crippen MR) is 66.4 cm³/mol. The third kappa shape index (κ3) is 3.11. The van der Waals surface area contributed by atoms with E-state index >= 15 is 0 Å². The Kier molecular flexibility index (Phi) is 3.49. The smallest absolute Gasteiger partial charge is 0.168 e. The maximum atomic E-state index is 10.7. The van der Waals surface area contributed by atoms with E-state index in [2.05, 4.69) is 9.97 Å². The minimum absolute atomic E-state index is 0.418. The molecule has 0 bridgehead atoms. The lowest BCUT2D eigenvalue weighted by atomic mass is 10.1. The molecule has 0 saturated carbocycles. The van der Waals surface area contributed by atoms with Crippen LogP contribution < -0.4 is 0 Å². The molecule has 1 heterocycles. The van der Waals surface area contributed by atoms with E-state index in [0.717, 1.165) is 17.5 Å². The average molecular weight is 247 g/mol. The Morgan fingerprint density at radius 1 is 1.24 bits per heavy atom. The number of aldehydes is 1. The number of hydrogen-bond donors (Lipinski definition) is 0. The maximum Gasteiger partial charge on any atom is 0.168 e. The number of benzene rings is 1. The first-order chi connectivity index (χ1) is 8.17. The molecule has 0 atom stereocenters. The number of rotatable bonds is 3. The number of carbonyl (C=O) groups is 1. The Morgan fingerprint density at radius 3 is 2.59 bits per heavy atom. The topological polar surface area (TPSA) is 42.9 Å². The summed E-state index contributed by atoms with van der Waals surface area (Å²) in [4.78, 5) is 19.2. The zero-order chi connectivity index (χ0) is 12.3. The summed E-state index contributed by atoms with van der Waals surface area (Å²) in [6.07, 6.45) is 1.33. The molecule has 2 aromatic rings. The largest absolute Gasteiger partial charge is 0.296 e. The molecule has 0 amide bonds. The standard InChI is InChI=1S/C13H11ClN2O/c1-9-6-12(8-17)16-13(15-9)7-10-2-4-11(14)5-3-10/h2-6,8H,7H2,1H3. The van der Waals surface area contributed by atoms with Crippen LogP contribution in [0.15, 0.2) is 30.3 Å². The van der Waals surface area contributed by atoms with Crippen LogP contribution >= 0.6 is 11.6 Å². The van der Waals surface area contributed by atoms with Gasteiger partial charge >= 0.3 is 0 Å². The molecule has 0 radical (unpaired) electrons. The molecule has 0 saturated heterocycles. The zero-order valence-corrected chi connectivity index (χ0v) is 10.1. The third-order valence-electron chi connectivity index (χ3n) is 2.32. The van der Waals surface area contributed by atoms with Gasteiger partial charge in [-0.15, -0.1) is 0 Å². The Labute approximate surface area is 104 Å². The molecule has 0 spiro atoms. The second-order valence-electron chi connectivity index (χ2n) is 3.77. The lowest BCUT2D eigenvalue weighted by Crippen LogP contribution is -2.01. The number of aryl methyl sites for hydroxylation is 1. The van der Waals surface area contributed by atoms with Crippen molar-refractivity contribution in [2.24, 2.45) is 0 Å². The molecular formula is C13H11ClN2O. The number of halogens is 1. The van der Waals surface area contributed by atoms with E-state index in [0.29, 0.717) is 23.0 Å². The summed E-state index contributed by atoms with van der Waals surface area (Å²) >= 11 is 5.81. The molecule has 17 heavy (non-hydrogen) atoms. The van der Waals surface area contributed by atoms with E-state index in [1.165, 1.54) is 0 Å².